The molecule has 0 bridgehead atoms. The minimum atomic E-state index is 0.169. The minimum Gasteiger partial charge on any atom is -0.300 e. The Balaban J connectivity index is 2.27. The fraction of sp³-hybridized carbons (Fsp3) is 0.600. The van der Waals surface area contributed by atoms with Gasteiger partial charge in [0.15, 0.2) is 0 Å². The molecule has 1 saturated heterocycles. The summed E-state index contributed by atoms with van der Waals surface area (Å²) in [5, 5.41) is 0. The Kier molecular flexibility index (Phi) is 2.00. The standard InChI is InChI=1S/C5H7O3/c6-5-1-3-7-8-4-2-5/h3H,1-2,4H2. The van der Waals surface area contributed by atoms with Crippen LogP contribution in [-0.4, -0.2) is 12.4 Å². The van der Waals surface area contributed by atoms with E-state index in [1.165, 1.54) is 6.61 Å². The normalized spacial score (nSPS) is 22.8. The number of rotatable bonds is 0. The quantitative estimate of drug-likeness (QED) is 0.430. The zero-order chi connectivity index (χ0) is 5.82. The predicted molar refractivity (Wildman–Crippen MR) is 25.6 cm³/mol. The van der Waals surface area contributed by atoms with Crippen LogP contribution in [0.1, 0.15) is 12.8 Å². The van der Waals surface area contributed by atoms with Crippen molar-refractivity contribution in [2.45, 2.75) is 12.8 Å². The number of hydrogen-bond acceptors (Lipinski definition) is 3. The monoisotopic (exact) mass is 115 g/mol. The maximum Gasteiger partial charge on any atom is 0.138 e. The van der Waals surface area contributed by atoms with Crippen LogP contribution < -0.4 is 0 Å². The highest BCUT2D eigenvalue weighted by Crippen LogP contribution is 2.01. The molecule has 0 saturated carbocycles. The van der Waals surface area contributed by atoms with Gasteiger partial charge in [0.1, 0.15) is 12.4 Å². The average Bonchev–Trinajstić information content (AvgIpc) is 1.94. The second-order valence-electron chi connectivity index (χ2n) is 1.58. The maximum atomic E-state index is 10.5. The molecule has 1 aliphatic heterocycles. The lowest BCUT2D eigenvalue weighted by atomic mass is 10.2. The van der Waals surface area contributed by atoms with E-state index in [2.05, 4.69) is 9.78 Å². The summed E-state index contributed by atoms with van der Waals surface area (Å²) in [5.41, 5.74) is 0. The lowest BCUT2D eigenvalue weighted by Gasteiger charge is -1.90. The second kappa shape index (κ2) is 2.79. The minimum absolute atomic E-state index is 0.169. The van der Waals surface area contributed by atoms with Crippen molar-refractivity contribution in [3.63, 3.8) is 0 Å². The highest BCUT2D eigenvalue weighted by atomic mass is 17.2. The molecule has 0 spiro atoms. The molecule has 8 heavy (non-hydrogen) atoms. The molecule has 3 heteroatoms. The molecule has 1 heterocycles. The van der Waals surface area contributed by atoms with E-state index in [1.807, 2.05) is 0 Å². The SMILES string of the molecule is O=C1C[CH]OOCC1. The predicted octanol–water partition coefficient (Wildman–Crippen LogP) is 0.459. The molecule has 1 rings (SSSR count). The van der Waals surface area contributed by atoms with E-state index < -0.39 is 0 Å². The van der Waals surface area contributed by atoms with Gasteiger partial charge in [-0.3, -0.25) is 4.79 Å². The van der Waals surface area contributed by atoms with Gasteiger partial charge in [0, 0.05) is 12.8 Å². The van der Waals surface area contributed by atoms with Crippen LogP contribution in [0.4, 0.5) is 0 Å². The van der Waals surface area contributed by atoms with Gasteiger partial charge in [-0.05, 0) is 0 Å². The number of Topliss-reactive ketones (excluding diaryl/α,β-unsaturated/α-hetero) is 1. The highest BCUT2D eigenvalue weighted by Gasteiger charge is 2.06. The Morgan fingerprint density at radius 3 is 3.38 bits per heavy atom. The van der Waals surface area contributed by atoms with E-state index in [9.17, 15) is 4.79 Å². The smallest absolute Gasteiger partial charge is 0.138 e. The van der Waals surface area contributed by atoms with E-state index >= 15 is 0 Å². The van der Waals surface area contributed by atoms with Crippen molar-refractivity contribution in [2.24, 2.45) is 0 Å². The number of carbonyl (C=O) groups excluding carboxylic acids is 1. The summed E-state index contributed by atoms with van der Waals surface area (Å²) < 4.78 is 0. The number of ketones is 1. The summed E-state index contributed by atoms with van der Waals surface area (Å²) in [6.45, 7) is 1.75. The molecule has 0 atom stereocenters. The average molecular weight is 115 g/mol. The first-order valence-corrected chi connectivity index (χ1v) is 2.51. The van der Waals surface area contributed by atoms with Crippen LogP contribution in [0, 0.1) is 6.61 Å². The van der Waals surface area contributed by atoms with Crippen LogP contribution in [0.5, 0.6) is 0 Å². The number of carbonyl (C=O) groups is 1. The van der Waals surface area contributed by atoms with Crippen LogP contribution in [0.2, 0.25) is 0 Å². The molecule has 1 fully saturated rings. The molecule has 0 aromatic heterocycles. The third-order valence-corrected chi connectivity index (χ3v) is 0.911. The van der Waals surface area contributed by atoms with Crippen LogP contribution in [-0.2, 0) is 14.6 Å². The second-order valence-corrected chi connectivity index (χ2v) is 1.58. The van der Waals surface area contributed by atoms with Gasteiger partial charge in [-0.1, -0.05) is 0 Å². The number of hydrogen-bond donors (Lipinski definition) is 0. The largest absolute Gasteiger partial charge is 0.300 e. The molecule has 1 radical (unpaired) electrons. The first-order valence-electron chi connectivity index (χ1n) is 2.51. The van der Waals surface area contributed by atoms with Gasteiger partial charge in [0.25, 0.3) is 0 Å². The Hall–Kier alpha value is -0.410. The third-order valence-electron chi connectivity index (χ3n) is 0.911. The van der Waals surface area contributed by atoms with Crippen molar-refractivity contribution >= 4 is 5.78 Å². The summed E-state index contributed by atoms with van der Waals surface area (Å²) >= 11 is 0. The van der Waals surface area contributed by atoms with Gasteiger partial charge in [0.05, 0.1) is 6.61 Å². The molecule has 0 aromatic rings. The first kappa shape index (κ1) is 5.72. The Morgan fingerprint density at radius 1 is 1.62 bits per heavy atom. The van der Waals surface area contributed by atoms with E-state index in [-0.39, 0.29) is 5.78 Å². The van der Waals surface area contributed by atoms with Crippen molar-refractivity contribution in [3.05, 3.63) is 6.61 Å². The molecular weight excluding hydrogens is 108 g/mol. The lowest BCUT2D eigenvalue weighted by Crippen LogP contribution is -1.96. The van der Waals surface area contributed by atoms with E-state index in [0.717, 1.165) is 0 Å². The van der Waals surface area contributed by atoms with Gasteiger partial charge in [-0.25, -0.2) is 9.78 Å². The van der Waals surface area contributed by atoms with E-state index in [1.54, 1.807) is 0 Å². The van der Waals surface area contributed by atoms with Crippen molar-refractivity contribution in [1.82, 2.24) is 0 Å². The molecule has 45 valence electrons. The summed E-state index contributed by atoms with van der Waals surface area (Å²) in [6.07, 6.45) is 0.844. The van der Waals surface area contributed by atoms with Crippen LogP contribution in [0.3, 0.4) is 0 Å². The molecule has 0 unspecified atom stereocenters. The van der Waals surface area contributed by atoms with Crippen LogP contribution >= 0.6 is 0 Å². The van der Waals surface area contributed by atoms with Crippen molar-refractivity contribution < 1.29 is 14.6 Å². The van der Waals surface area contributed by atoms with Gasteiger partial charge >= 0.3 is 0 Å². The first-order chi connectivity index (χ1) is 3.89. The van der Waals surface area contributed by atoms with Gasteiger partial charge in [0.2, 0.25) is 0 Å². The van der Waals surface area contributed by atoms with Crippen molar-refractivity contribution in [1.29, 1.82) is 0 Å². The summed E-state index contributed by atoms with van der Waals surface area (Å²) in [4.78, 5) is 19.4. The maximum absolute atomic E-state index is 10.5. The van der Waals surface area contributed by atoms with Crippen molar-refractivity contribution in [2.75, 3.05) is 6.61 Å². The van der Waals surface area contributed by atoms with Gasteiger partial charge in [-0.2, -0.15) is 0 Å². The Morgan fingerprint density at radius 2 is 2.50 bits per heavy atom. The highest BCUT2D eigenvalue weighted by molar-refractivity contribution is 5.79. The third kappa shape index (κ3) is 1.60. The Labute approximate surface area is 47.5 Å². The fourth-order valence-electron chi connectivity index (χ4n) is 0.481. The van der Waals surface area contributed by atoms with Gasteiger partial charge < -0.3 is 0 Å². The zero-order valence-electron chi connectivity index (χ0n) is 4.42. The molecule has 0 aromatic carbocycles. The summed E-state index contributed by atoms with van der Waals surface area (Å²) in [7, 11) is 0. The van der Waals surface area contributed by atoms with E-state index in [0.29, 0.717) is 19.4 Å². The lowest BCUT2D eigenvalue weighted by molar-refractivity contribution is -0.262. The molecule has 0 amide bonds. The Bertz CT molecular complexity index is 79.7. The van der Waals surface area contributed by atoms with Gasteiger partial charge in [-0.15, -0.1) is 0 Å². The van der Waals surface area contributed by atoms with Crippen molar-refractivity contribution in [3.8, 4) is 0 Å². The van der Waals surface area contributed by atoms with E-state index in [4.69, 9.17) is 0 Å². The molecule has 3 nitrogen and oxygen atoms in total. The molecule has 0 aliphatic carbocycles. The fourth-order valence-corrected chi connectivity index (χ4v) is 0.481. The topological polar surface area (TPSA) is 35.5 Å². The summed E-state index contributed by atoms with van der Waals surface area (Å²) in [5.74, 6) is 0.169. The molecule has 1 aliphatic rings. The molecule has 0 N–H and O–H groups in total. The van der Waals surface area contributed by atoms with Crippen LogP contribution in [0.25, 0.3) is 0 Å². The molecular formula is C5H7O3. The van der Waals surface area contributed by atoms with Crippen LogP contribution in [0.15, 0.2) is 0 Å². The zero-order valence-corrected chi connectivity index (χ0v) is 4.42. The summed E-state index contributed by atoms with van der Waals surface area (Å²) in [6, 6.07) is 0.